The number of carboxylic acids is 1. The smallest absolute Gasteiger partial charge is 0.317 e. The quantitative estimate of drug-likeness (QED) is 0.0338. The van der Waals surface area contributed by atoms with Gasteiger partial charge < -0.3 is 89.6 Å². The van der Waals surface area contributed by atoms with Crippen LogP contribution in [0.5, 0.6) is 0 Å². The van der Waals surface area contributed by atoms with E-state index in [1.54, 1.807) is 0 Å². The van der Waals surface area contributed by atoms with Crippen molar-refractivity contribution >= 4 is 24.1 Å². The van der Waals surface area contributed by atoms with Crippen LogP contribution in [0.2, 0.25) is 0 Å². The average Bonchev–Trinajstić information content (AvgIpc) is 3.48. The molecule has 24 atom stereocenters. The van der Waals surface area contributed by atoms with E-state index in [-0.39, 0.29) is 48.3 Å². The minimum absolute atomic E-state index is 0.00586. The van der Waals surface area contributed by atoms with Gasteiger partial charge in [0.15, 0.2) is 18.7 Å². The highest BCUT2D eigenvalue weighted by molar-refractivity contribution is 5.80. The van der Waals surface area contributed by atoms with Crippen LogP contribution in [0.3, 0.4) is 0 Å². The number of carbonyl (C=O) groups excluding carboxylic acids is 3. The predicted molar refractivity (Wildman–Crippen MR) is 291 cm³/mol. The fourth-order valence-corrected chi connectivity index (χ4v) is 16.3. The van der Waals surface area contributed by atoms with Gasteiger partial charge in [-0.25, -0.2) is 0 Å². The molecule has 21 heteroatoms. The van der Waals surface area contributed by atoms with E-state index in [4.69, 9.17) is 33.5 Å². The maximum Gasteiger partial charge on any atom is 0.317 e. The van der Waals surface area contributed by atoms with Crippen molar-refractivity contribution in [3.63, 3.8) is 0 Å². The molecule has 0 aromatic rings. The number of rotatable bonds is 21. The molecule has 11 N–H and O–H groups in total. The number of aldehydes is 1. The van der Waals surface area contributed by atoms with Crippen LogP contribution in [0.25, 0.3) is 0 Å². The first kappa shape index (κ1) is 65.8. The normalized spacial score (nSPS) is 46.7. The van der Waals surface area contributed by atoms with E-state index < -0.39 is 157 Å². The number of aliphatic hydroxyl groups is 9. The van der Waals surface area contributed by atoms with Gasteiger partial charge in [-0.15, -0.1) is 0 Å². The number of esters is 1. The molecular formula is C60H99NO20. The molecule has 81 heavy (non-hydrogen) atoms. The molecule has 464 valence electrons. The van der Waals surface area contributed by atoms with Gasteiger partial charge >= 0.3 is 11.9 Å². The summed E-state index contributed by atoms with van der Waals surface area (Å²) in [6, 6.07) is -1.37. The molecule has 14 unspecified atom stereocenters. The van der Waals surface area contributed by atoms with E-state index in [1.165, 1.54) is 6.92 Å². The minimum atomic E-state index is -1.95. The first-order valence-corrected chi connectivity index (χ1v) is 30.2. The second kappa shape index (κ2) is 26.1. The lowest BCUT2D eigenvalue weighted by Gasteiger charge is -2.69. The van der Waals surface area contributed by atoms with Crippen LogP contribution in [0.15, 0.2) is 11.6 Å². The molecule has 0 aromatic heterocycles. The number of hydrogen-bond donors (Lipinski definition) is 11. The van der Waals surface area contributed by atoms with Crippen molar-refractivity contribution in [2.45, 2.75) is 276 Å². The van der Waals surface area contributed by atoms with Crippen molar-refractivity contribution in [2.75, 3.05) is 13.2 Å². The fourth-order valence-electron chi connectivity index (χ4n) is 16.3. The number of allylic oxidation sites excluding steroid dienone is 2. The summed E-state index contributed by atoms with van der Waals surface area (Å²) in [4.78, 5) is 53.0. The average molecular weight is 1150 g/mol. The second-order valence-corrected chi connectivity index (χ2v) is 27.1. The lowest BCUT2D eigenvalue weighted by atomic mass is 9.35. The first-order valence-electron chi connectivity index (χ1n) is 30.2. The van der Waals surface area contributed by atoms with Gasteiger partial charge in [0.25, 0.3) is 0 Å². The van der Waals surface area contributed by atoms with Crippen LogP contribution in [0, 0.1) is 50.2 Å². The highest BCUT2D eigenvalue weighted by Gasteiger charge is 2.71. The Morgan fingerprint density at radius 2 is 1.31 bits per heavy atom. The van der Waals surface area contributed by atoms with Gasteiger partial charge in [-0.1, -0.05) is 98.6 Å². The maximum atomic E-state index is 15.7. The van der Waals surface area contributed by atoms with Crippen molar-refractivity contribution in [3.05, 3.63) is 11.6 Å². The van der Waals surface area contributed by atoms with Crippen molar-refractivity contribution in [1.29, 1.82) is 0 Å². The minimum Gasteiger partial charge on any atom is -0.481 e. The largest absolute Gasteiger partial charge is 0.481 e. The number of carbonyl (C=O) groups is 4. The van der Waals surface area contributed by atoms with Crippen molar-refractivity contribution < 1.29 is 98.7 Å². The number of aliphatic hydroxyl groups excluding tert-OH is 9. The molecule has 0 bridgehead atoms. The van der Waals surface area contributed by atoms with Gasteiger partial charge in [0.1, 0.15) is 60.5 Å². The molecule has 1 amide bonds. The number of fused-ring (bicyclic) bond motifs is 2. The fraction of sp³-hybridized carbons (Fsp3) is 0.900. The van der Waals surface area contributed by atoms with Gasteiger partial charge in [0.2, 0.25) is 12.2 Å². The topological polar surface area (TPSA) is 338 Å². The summed E-state index contributed by atoms with van der Waals surface area (Å²) in [7, 11) is 0. The van der Waals surface area contributed by atoms with E-state index in [0.717, 1.165) is 56.8 Å². The maximum absolute atomic E-state index is 15.7. The van der Waals surface area contributed by atoms with E-state index in [0.29, 0.717) is 44.9 Å². The Morgan fingerprint density at radius 1 is 0.691 bits per heavy atom. The summed E-state index contributed by atoms with van der Waals surface area (Å²) in [5, 5.41) is 113. The summed E-state index contributed by atoms with van der Waals surface area (Å²) < 4.78 is 36.5. The van der Waals surface area contributed by atoms with Crippen LogP contribution >= 0.6 is 0 Å². The Hall–Kier alpha value is -2.74. The van der Waals surface area contributed by atoms with E-state index in [2.05, 4.69) is 52.9 Å². The van der Waals surface area contributed by atoms with E-state index in [9.17, 15) is 60.3 Å². The Balaban J connectivity index is 1.15. The highest BCUT2D eigenvalue weighted by Crippen LogP contribution is 2.73. The van der Waals surface area contributed by atoms with E-state index >= 15 is 4.79 Å². The Kier molecular flexibility index (Phi) is 21.2. The number of carboxylic acid groups (broad SMARTS) is 1. The van der Waals surface area contributed by atoms with Crippen LogP contribution in [-0.2, 0) is 47.6 Å². The first-order chi connectivity index (χ1) is 38.0. The summed E-state index contributed by atoms with van der Waals surface area (Å²) in [5.74, 6) is -2.77. The van der Waals surface area contributed by atoms with Crippen LogP contribution < -0.4 is 5.32 Å². The molecule has 7 aliphatic rings. The number of nitrogens with one attached hydrogen (secondary N) is 1. The number of aliphatic carboxylic acids is 1. The van der Waals surface area contributed by atoms with Gasteiger partial charge in [-0.05, 0) is 117 Å². The third kappa shape index (κ3) is 12.6. The van der Waals surface area contributed by atoms with Gasteiger partial charge in [0, 0.05) is 12.8 Å². The summed E-state index contributed by atoms with van der Waals surface area (Å²) >= 11 is 0. The predicted octanol–water partition coefficient (Wildman–Crippen LogP) is 3.70. The molecule has 7 fully saturated rings. The van der Waals surface area contributed by atoms with Gasteiger partial charge in [-0.3, -0.25) is 14.4 Å². The van der Waals surface area contributed by atoms with Crippen molar-refractivity contribution in [2.24, 2.45) is 50.2 Å². The second-order valence-electron chi connectivity index (χ2n) is 27.1. The SMILES string of the molecule is C/C=C1/C2CC(C)(C)CCC2(C(=O)O[C@@H]2O[C@H](CO)C(NC(=O)CCCCCCCCCCC(=O)O)C(O)C2O[C@@H]2O[C@H](C)C(O[C@@H]3OC[C@@H](O)C(O)C3O)C(O)C2O)[C@@H](O)C[C@@]1(C)[C@]1(C)CC[C@H]2C(C)(C=O)C(O)CCC2(C)C1C. The summed E-state index contributed by atoms with van der Waals surface area (Å²) in [5.41, 5.74) is -3.25. The Labute approximate surface area is 477 Å². The van der Waals surface area contributed by atoms with Crippen molar-refractivity contribution in [1.82, 2.24) is 5.32 Å². The third-order valence-corrected chi connectivity index (χ3v) is 21.9. The highest BCUT2D eigenvalue weighted by atomic mass is 16.8. The number of hydrogen-bond acceptors (Lipinski definition) is 19. The lowest BCUT2D eigenvalue weighted by Crippen LogP contribution is -2.69. The molecule has 0 radical (unpaired) electrons. The van der Waals surface area contributed by atoms with E-state index in [1.807, 2.05) is 13.8 Å². The molecule has 0 aromatic carbocycles. The zero-order valence-corrected chi connectivity index (χ0v) is 49.3. The molecule has 3 aliphatic heterocycles. The number of ether oxygens (including phenoxy) is 6. The molecule has 7 rings (SSSR count). The van der Waals surface area contributed by atoms with Crippen LogP contribution in [-0.4, -0.2) is 187 Å². The zero-order valence-electron chi connectivity index (χ0n) is 49.3. The molecule has 21 nitrogen and oxygen atoms in total. The molecule has 4 aliphatic carbocycles. The van der Waals surface area contributed by atoms with Gasteiger partial charge in [-0.2, -0.15) is 0 Å². The monoisotopic (exact) mass is 1150 g/mol. The Bertz CT molecular complexity index is 2200. The zero-order chi connectivity index (χ0) is 59.8. The summed E-state index contributed by atoms with van der Waals surface area (Å²) in [6.45, 7) is 17.4. The molecule has 0 spiro atoms. The third-order valence-electron chi connectivity index (χ3n) is 21.9. The van der Waals surface area contributed by atoms with Crippen LogP contribution in [0.4, 0.5) is 0 Å². The van der Waals surface area contributed by atoms with Gasteiger partial charge in [0.05, 0.1) is 43.0 Å². The molecular weight excluding hydrogens is 1050 g/mol. The van der Waals surface area contributed by atoms with Crippen LogP contribution in [0.1, 0.15) is 178 Å². The standard InChI is InChI=1S/C60H99NO20/c1-10-34-35-27-55(4,5)25-26-60(35,40(66)28-59(34,9)58(8)24-21-38-56(6,33(58)3)23-22-39(65)57(38,7)31-63)54(75)81-53-50(80-52-48(74)46(72)49(32(2)77-52)79-51-47(73)44(70)36(64)30-76-51)45(71)43(37(29-62)78-53)61-41(67)19-17-15-13-11-12-14-16-18-20-42(68)69/h10,31-33,35-40,43-53,62,64-66,70-74H,11-30H2,1-9H3,(H,61,67)(H,68,69)/b34-10-/t32-,33?,35?,36-,37-,38-,39?,40+,43?,44?,45?,46?,47?,48?,49?,50?,51+,52+,53+,56?,57?,58-,59-,60?/m1/s1. The summed E-state index contributed by atoms with van der Waals surface area (Å²) in [6.07, 6.45) is -9.82. The number of unbranched alkanes of at least 4 members (excludes halogenated alkanes) is 7. The molecule has 3 saturated heterocycles. The Morgan fingerprint density at radius 3 is 1.93 bits per heavy atom. The molecule has 3 heterocycles. The lowest BCUT2D eigenvalue weighted by molar-refractivity contribution is -0.370. The van der Waals surface area contributed by atoms with Crippen molar-refractivity contribution in [3.8, 4) is 0 Å². The number of amides is 1. The molecule has 4 saturated carbocycles.